The van der Waals surface area contributed by atoms with E-state index in [-0.39, 0.29) is 5.82 Å². The molecule has 0 spiro atoms. The van der Waals surface area contributed by atoms with Gasteiger partial charge >= 0.3 is 0 Å². The standard InChI is InChI=1S/C15H23FO/c1-3-4-5-6-11-15(2,17)12-13-7-9-14(16)10-8-13/h7-10,17H,3-6,11-12H2,1-2H3. The van der Waals surface area contributed by atoms with E-state index in [1.165, 1.54) is 31.4 Å². The molecule has 0 amide bonds. The van der Waals surface area contributed by atoms with Gasteiger partial charge in [0.05, 0.1) is 5.60 Å². The molecule has 1 rings (SSSR count). The van der Waals surface area contributed by atoms with Crippen LogP contribution >= 0.6 is 0 Å². The summed E-state index contributed by atoms with van der Waals surface area (Å²) in [5.41, 5.74) is 0.317. The van der Waals surface area contributed by atoms with Crippen molar-refractivity contribution < 1.29 is 9.50 Å². The van der Waals surface area contributed by atoms with Crippen molar-refractivity contribution in [1.82, 2.24) is 0 Å². The van der Waals surface area contributed by atoms with Gasteiger partial charge in [-0.1, -0.05) is 44.7 Å². The first kappa shape index (κ1) is 14.2. The molecule has 0 aromatic heterocycles. The van der Waals surface area contributed by atoms with Gasteiger partial charge in [0.1, 0.15) is 5.82 Å². The van der Waals surface area contributed by atoms with Crippen molar-refractivity contribution in [3.05, 3.63) is 35.6 Å². The zero-order valence-electron chi connectivity index (χ0n) is 10.9. The third-order valence-electron chi connectivity index (χ3n) is 3.07. The second kappa shape index (κ2) is 6.75. The minimum absolute atomic E-state index is 0.226. The maximum absolute atomic E-state index is 12.7. The average Bonchev–Trinajstić information content (AvgIpc) is 2.27. The highest BCUT2D eigenvalue weighted by Gasteiger charge is 2.20. The first-order chi connectivity index (χ1) is 8.03. The SMILES string of the molecule is CCCCCCC(C)(O)Cc1ccc(F)cc1. The zero-order valence-corrected chi connectivity index (χ0v) is 10.9. The first-order valence-electron chi connectivity index (χ1n) is 6.50. The lowest BCUT2D eigenvalue weighted by molar-refractivity contribution is 0.0485. The van der Waals surface area contributed by atoms with Crippen LogP contribution in [-0.4, -0.2) is 10.7 Å². The fourth-order valence-corrected chi connectivity index (χ4v) is 2.06. The Morgan fingerprint density at radius 2 is 1.76 bits per heavy atom. The van der Waals surface area contributed by atoms with Crippen molar-refractivity contribution >= 4 is 0 Å². The van der Waals surface area contributed by atoms with Crippen LogP contribution in [0.4, 0.5) is 4.39 Å². The number of unbranched alkanes of at least 4 members (excludes halogenated alkanes) is 3. The van der Waals surface area contributed by atoms with Gasteiger partial charge in [-0.2, -0.15) is 0 Å². The number of rotatable bonds is 7. The highest BCUT2D eigenvalue weighted by molar-refractivity contribution is 5.17. The maximum Gasteiger partial charge on any atom is 0.123 e. The topological polar surface area (TPSA) is 20.2 Å². The van der Waals surface area contributed by atoms with Crippen LogP contribution in [0.15, 0.2) is 24.3 Å². The summed E-state index contributed by atoms with van der Waals surface area (Å²) in [6, 6.07) is 6.39. The highest BCUT2D eigenvalue weighted by Crippen LogP contribution is 2.20. The maximum atomic E-state index is 12.7. The molecule has 0 heterocycles. The molecule has 1 nitrogen and oxygen atoms in total. The molecule has 0 radical (unpaired) electrons. The average molecular weight is 238 g/mol. The summed E-state index contributed by atoms with van der Waals surface area (Å²) in [5.74, 6) is -0.226. The van der Waals surface area contributed by atoms with E-state index in [0.29, 0.717) is 6.42 Å². The molecular formula is C15H23FO. The van der Waals surface area contributed by atoms with Crippen molar-refractivity contribution in [3.63, 3.8) is 0 Å². The van der Waals surface area contributed by atoms with Gasteiger partial charge in [0, 0.05) is 6.42 Å². The van der Waals surface area contributed by atoms with E-state index in [1.807, 2.05) is 6.92 Å². The van der Waals surface area contributed by atoms with Gasteiger partial charge in [0.25, 0.3) is 0 Å². The lowest BCUT2D eigenvalue weighted by atomic mass is 9.91. The Bertz CT molecular complexity index is 316. The third kappa shape index (κ3) is 5.83. The minimum Gasteiger partial charge on any atom is -0.390 e. The molecule has 0 fully saturated rings. The first-order valence-corrected chi connectivity index (χ1v) is 6.50. The normalized spacial score (nSPS) is 14.6. The predicted molar refractivity (Wildman–Crippen MR) is 69.5 cm³/mol. The van der Waals surface area contributed by atoms with Gasteiger partial charge < -0.3 is 5.11 Å². The van der Waals surface area contributed by atoms with E-state index < -0.39 is 5.60 Å². The van der Waals surface area contributed by atoms with Gasteiger partial charge in [-0.3, -0.25) is 0 Å². The summed E-state index contributed by atoms with van der Waals surface area (Å²) < 4.78 is 12.7. The van der Waals surface area contributed by atoms with Gasteiger partial charge in [0.15, 0.2) is 0 Å². The number of hydrogen-bond donors (Lipinski definition) is 1. The minimum atomic E-state index is -0.675. The summed E-state index contributed by atoms with van der Waals surface area (Å²) in [4.78, 5) is 0. The lowest BCUT2D eigenvalue weighted by Gasteiger charge is -2.23. The molecule has 0 bridgehead atoms. The van der Waals surface area contributed by atoms with Gasteiger partial charge in [-0.25, -0.2) is 4.39 Å². The van der Waals surface area contributed by atoms with Crippen LogP contribution in [0.3, 0.4) is 0 Å². The third-order valence-corrected chi connectivity index (χ3v) is 3.07. The summed E-state index contributed by atoms with van der Waals surface area (Å²) in [6.07, 6.45) is 6.08. The summed E-state index contributed by atoms with van der Waals surface area (Å²) in [5, 5.41) is 10.2. The Morgan fingerprint density at radius 3 is 2.35 bits per heavy atom. The van der Waals surface area contributed by atoms with Crippen LogP contribution in [0.25, 0.3) is 0 Å². The second-order valence-electron chi connectivity index (χ2n) is 5.11. The van der Waals surface area contributed by atoms with Crippen molar-refractivity contribution in [3.8, 4) is 0 Å². The summed E-state index contributed by atoms with van der Waals surface area (Å²) in [7, 11) is 0. The smallest absolute Gasteiger partial charge is 0.123 e. The molecular weight excluding hydrogens is 215 g/mol. The van der Waals surface area contributed by atoms with Gasteiger partial charge in [-0.05, 0) is 31.0 Å². The molecule has 1 aromatic rings. The van der Waals surface area contributed by atoms with Gasteiger partial charge in [-0.15, -0.1) is 0 Å². The molecule has 2 heteroatoms. The second-order valence-corrected chi connectivity index (χ2v) is 5.11. The van der Waals surface area contributed by atoms with Crippen molar-refractivity contribution in [1.29, 1.82) is 0 Å². The summed E-state index contributed by atoms with van der Waals surface area (Å²) in [6.45, 7) is 4.04. The van der Waals surface area contributed by atoms with Crippen LogP contribution in [0, 0.1) is 5.82 Å². The number of halogens is 1. The molecule has 1 unspecified atom stereocenters. The molecule has 96 valence electrons. The monoisotopic (exact) mass is 238 g/mol. The van der Waals surface area contributed by atoms with E-state index >= 15 is 0 Å². The zero-order chi connectivity index (χ0) is 12.7. The van der Waals surface area contributed by atoms with Crippen LogP contribution in [-0.2, 0) is 6.42 Å². The Labute approximate surface area is 104 Å². The molecule has 17 heavy (non-hydrogen) atoms. The molecule has 0 aliphatic carbocycles. The highest BCUT2D eigenvalue weighted by atomic mass is 19.1. The quantitative estimate of drug-likeness (QED) is 0.709. The molecule has 0 saturated heterocycles. The molecule has 0 saturated carbocycles. The molecule has 0 aliphatic heterocycles. The van der Waals surface area contributed by atoms with E-state index in [9.17, 15) is 9.50 Å². The fourth-order valence-electron chi connectivity index (χ4n) is 2.06. The van der Waals surface area contributed by atoms with E-state index in [0.717, 1.165) is 18.4 Å². The van der Waals surface area contributed by atoms with Gasteiger partial charge in [0.2, 0.25) is 0 Å². The van der Waals surface area contributed by atoms with E-state index in [4.69, 9.17) is 0 Å². The van der Waals surface area contributed by atoms with Crippen LogP contribution in [0.2, 0.25) is 0 Å². The Morgan fingerprint density at radius 1 is 1.12 bits per heavy atom. The predicted octanol–water partition coefficient (Wildman–Crippen LogP) is 4.09. The lowest BCUT2D eigenvalue weighted by Crippen LogP contribution is -2.27. The summed E-state index contributed by atoms with van der Waals surface area (Å²) >= 11 is 0. The van der Waals surface area contributed by atoms with Crippen molar-refractivity contribution in [2.24, 2.45) is 0 Å². The molecule has 1 aromatic carbocycles. The van der Waals surface area contributed by atoms with Crippen molar-refractivity contribution in [2.75, 3.05) is 0 Å². The van der Waals surface area contributed by atoms with Crippen LogP contribution in [0.5, 0.6) is 0 Å². The molecule has 1 atom stereocenters. The number of benzene rings is 1. The number of aliphatic hydroxyl groups is 1. The molecule has 1 N–H and O–H groups in total. The van der Waals surface area contributed by atoms with E-state index in [2.05, 4.69) is 6.92 Å². The fraction of sp³-hybridized carbons (Fsp3) is 0.600. The Balaban J connectivity index is 2.40. The van der Waals surface area contributed by atoms with Crippen molar-refractivity contribution in [2.45, 2.75) is 58.0 Å². The van der Waals surface area contributed by atoms with Crippen LogP contribution in [0.1, 0.15) is 51.5 Å². The Hall–Kier alpha value is -0.890. The molecule has 0 aliphatic rings. The largest absolute Gasteiger partial charge is 0.390 e. The van der Waals surface area contributed by atoms with Crippen LogP contribution < -0.4 is 0 Å². The number of hydrogen-bond acceptors (Lipinski definition) is 1. The Kier molecular flexibility index (Phi) is 5.63. The van der Waals surface area contributed by atoms with E-state index in [1.54, 1.807) is 12.1 Å².